The lowest BCUT2D eigenvalue weighted by Crippen LogP contribution is -2.45. The van der Waals surface area contributed by atoms with Crippen LogP contribution in [0.2, 0.25) is 0 Å². The van der Waals surface area contributed by atoms with Gasteiger partial charge in [-0.05, 0) is 49.6 Å². The molecule has 1 aliphatic heterocycles. The second-order valence-electron chi connectivity index (χ2n) is 8.32. The second-order valence-corrected chi connectivity index (χ2v) is 8.32. The minimum Gasteiger partial charge on any atom is -0.356 e. The van der Waals surface area contributed by atoms with Crippen LogP contribution in [0.15, 0.2) is 48.5 Å². The summed E-state index contributed by atoms with van der Waals surface area (Å²) in [6.45, 7) is 3.72. The molecule has 1 N–H and O–H groups in total. The minimum atomic E-state index is -0.422. The fourth-order valence-electron chi connectivity index (χ4n) is 4.08. The Labute approximate surface area is 189 Å². The lowest BCUT2D eigenvalue weighted by molar-refractivity contribution is -0.126. The number of ketones is 1. The van der Waals surface area contributed by atoms with E-state index in [2.05, 4.69) is 12.2 Å². The first-order valence-corrected chi connectivity index (χ1v) is 11.5. The van der Waals surface area contributed by atoms with E-state index in [0.29, 0.717) is 30.8 Å². The van der Waals surface area contributed by atoms with Gasteiger partial charge in [-0.3, -0.25) is 14.4 Å². The molecule has 2 aromatic rings. The van der Waals surface area contributed by atoms with E-state index in [1.54, 1.807) is 29.2 Å². The Kier molecular flexibility index (Phi) is 8.54. The molecular formula is C26H31FN2O3. The summed E-state index contributed by atoms with van der Waals surface area (Å²) in [6.07, 6.45) is 5.88. The molecule has 0 bridgehead atoms. The first-order valence-electron chi connectivity index (χ1n) is 11.5. The molecule has 2 amide bonds. The van der Waals surface area contributed by atoms with Gasteiger partial charge < -0.3 is 10.2 Å². The number of unbranched alkanes of at least 4 members (excludes halogenated alkanes) is 3. The van der Waals surface area contributed by atoms with Gasteiger partial charge in [0.15, 0.2) is 5.78 Å². The molecule has 0 aliphatic carbocycles. The Hall–Kier alpha value is -3.02. The number of nitrogens with one attached hydrogen (secondary N) is 1. The van der Waals surface area contributed by atoms with E-state index in [1.165, 1.54) is 24.3 Å². The quantitative estimate of drug-likeness (QED) is 0.459. The van der Waals surface area contributed by atoms with Gasteiger partial charge in [0, 0.05) is 30.8 Å². The van der Waals surface area contributed by atoms with Crippen molar-refractivity contribution in [1.82, 2.24) is 10.2 Å². The Morgan fingerprint density at radius 1 is 1.00 bits per heavy atom. The molecule has 170 valence electrons. The first kappa shape index (κ1) is 23.6. The Bertz CT molecular complexity index is 942. The summed E-state index contributed by atoms with van der Waals surface area (Å²) in [6, 6.07) is 12.0. The van der Waals surface area contributed by atoms with Crippen LogP contribution in [0.1, 0.15) is 71.7 Å². The van der Waals surface area contributed by atoms with Crippen LogP contribution in [0.5, 0.6) is 0 Å². The number of likely N-dealkylation sites (tertiary alicyclic amines) is 1. The monoisotopic (exact) mass is 438 g/mol. The highest BCUT2D eigenvalue weighted by molar-refractivity contribution is 6.15. The summed E-state index contributed by atoms with van der Waals surface area (Å²) >= 11 is 0. The molecule has 6 heteroatoms. The number of carbonyl (C=O) groups excluding carboxylic acids is 3. The third kappa shape index (κ3) is 6.02. The van der Waals surface area contributed by atoms with Crippen molar-refractivity contribution in [3.05, 3.63) is 71.0 Å². The molecule has 1 saturated heterocycles. The average molecular weight is 439 g/mol. The normalized spacial score (nSPS) is 15.9. The first-order chi connectivity index (χ1) is 15.5. The van der Waals surface area contributed by atoms with Gasteiger partial charge in [-0.2, -0.15) is 0 Å². The van der Waals surface area contributed by atoms with E-state index in [0.717, 1.165) is 38.5 Å². The van der Waals surface area contributed by atoms with E-state index in [-0.39, 0.29) is 29.1 Å². The van der Waals surface area contributed by atoms with E-state index in [9.17, 15) is 18.8 Å². The van der Waals surface area contributed by atoms with Crippen molar-refractivity contribution in [3.63, 3.8) is 0 Å². The van der Waals surface area contributed by atoms with Gasteiger partial charge in [0.2, 0.25) is 5.91 Å². The second kappa shape index (κ2) is 11.6. The predicted octanol–water partition coefficient (Wildman–Crippen LogP) is 4.61. The summed E-state index contributed by atoms with van der Waals surface area (Å²) in [4.78, 5) is 40.5. The maximum absolute atomic E-state index is 13.3. The van der Waals surface area contributed by atoms with Gasteiger partial charge in [-0.1, -0.05) is 44.4 Å². The third-order valence-electron chi connectivity index (χ3n) is 5.92. The number of halogens is 1. The van der Waals surface area contributed by atoms with Gasteiger partial charge in [0.1, 0.15) is 5.82 Å². The van der Waals surface area contributed by atoms with Crippen molar-refractivity contribution in [2.24, 2.45) is 5.92 Å². The molecule has 1 atom stereocenters. The molecule has 2 aromatic carbocycles. The number of hydrogen-bond donors (Lipinski definition) is 1. The molecule has 0 radical (unpaired) electrons. The van der Waals surface area contributed by atoms with Crippen molar-refractivity contribution >= 4 is 17.6 Å². The number of amides is 2. The number of piperidine rings is 1. The fraction of sp³-hybridized carbons (Fsp3) is 0.423. The molecule has 0 aromatic heterocycles. The molecule has 3 rings (SSSR count). The maximum atomic E-state index is 13.3. The van der Waals surface area contributed by atoms with Gasteiger partial charge in [0.25, 0.3) is 5.91 Å². The zero-order valence-corrected chi connectivity index (χ0v) is 18.6. The molecule has 0 spiro atoms. The van der Waals surface area contributed by atoms with Crippen LogP contribution in [0, 0.1) is 11.7 Å². The van der Waals surface area contributed by atoms with Crippen molar-refractivity contribution < 1.29 is 18.8 Å². The Balaban J connectivity index is 1.67. The van der Waals surface area contributed by atoms with Crippen molar-refractivity contribution in [3.8, 4) is 0 Å². The van der Waals surface area contributed by atoms with Gasteiger partial charge in [-0.25, -0.2) is 4.39 Å². The van der Waals surface area contributed by atoms with Crippen LogP contribution >= 0.6 is 0 Å². The number of carbonyl (C=O) groups is 3. The van der Waals surface area contributed by atoms with E-state index < -0.39 is 5.82 Å². The maximum Gasteiger partial charge on any atom is 0.254 e. The minimum absolute atomic E-state index is 0.00493. The molecule has 32 heavy (non-hydrogen) atoms. The average Bonchev–Trinajstić information content (AvgIpc) is 2.83. The van der Waals surface area contributed by atoms with Gasteiger partial charge in [-0.15, -0.1) is 0 Å². The number of nitrogens with zero attached hydrogens (tertiary/aromatic N) is 1. The zero-order chi connectivity index (χ0) is 22.9. The molecule has 0 saturated carbocycles. The van der Waals surface area contributed by atoms with Gasteiger partial charge in [0.05, 0.1) is 11.5 Å². The summed E-state index contributed by atoms with van der Waals surface area (Å²) in [5.74, 6) is -1.24. The van der Waals surface area contributed by atoms with Crippen LogP contribution in [0.4, 0.5) is 4.39 Å². The summed E-state index contributed by atoms with van der Waals surface area (Å²) in [5, 5.41) is 3.00. The fourth-order valence-corrected chi connectivity index (χ4v) is 4.08. The Morgan fingerprint density at radius 2 is 1.72 bits per heavy atom. The summed E-state index contributed by atoms with van der Waals surface area (Å²) in [5.41, 5.74) is 0.916. The van der Waals surface area contributed by atoms with Gasteiger partial charge >= 0.3 is 0 Å². The number of rotatable bonds is 9. The van der Waals surface area contributed by atoms with Crippen LogP contribution in [-0.4, -0.2) is 42.1 Å². The Morgan fingerprint density at radius 3 is 2.44 bits per heavy atom. The van der Waals surface area contributed by atoms with Crippen LogP contribution < -0.4 is 5.32 Å². The number of hydrogen-bond acceptors (Lipinski definition) is 3. The van der Waals surface area contributed by atoms with E-state index in [4.69, 9.17) is 0 Å². The standard InChI is InChI=1S/C26H31FN2O3/c1-2-3-4-7-16-28-25(31)20-9-8-17-29(18-20)26(32)23-11-6-5-10-22(23)24(30)19-12-14-21(27)15-13-19/h5-6,10-15,20H,2-4,7-9,16-18H2,1H3,(H,28,31). The third-order valence-corrected chi connectivity index (χ3v) is 5.92. The number of benzene rings is 2. The van der Waals surface area contributed by atoms with Crippen LogP contribution in [-0.2, 0) is 4.79 Å². The van der Waals surface area contributed by atoms with E-state index in [1.807, 2.05) is 0 Å². The highest BCUT2D eigenvalue weighted by Crippen LogP contribution is 2.22. The van der Waals surface area contributed by atoms with Crippen molar-refractivity contribution in [2.75, 3.05) is 19.6 Å². The van der Waals surface area contributed by atoms with Crippen LogP contribution in [0.25, 0.3) is 0 Å². The van der Waals surface area contributed by atoms with Crippen LogP contribution in [0.3, 0.4) is 0 Å². The smallest absolute Gasteiger partial charge is 0.254 e. The highest BCUT2D eigenvalue weighted by Gasteiger charge is 2.30. The molecule has 1 unspecified atom stereocenters. The lowest BCUT2D eigenvalue weighted by atomic mass is 9.94. The molecule has 1 heterocycles. The topological polar surface area (TPSA) is 66.5 Å². The summed E-state index contributed by atoms with van der Waals surface area (Å²) < 4.78 is 13.2. The SMILES string of the molecule is CCCCCCNC(=O)C1CCCN(C(=O)c2ccccc2C(=O)c2ccc(F)cc2)C1. The molecule has 1 aliphatic rings. The molecule has 5 nitrogen and oxygen atoms in total. The molecular weight excluding hydrogens is 407 g/mol. The van der Waals surface area contributed by atoms with E-state index >= 15 is 0 Å². The highest BCUT2D eigenvalue weighted by atomic mass is 19.1. The zero-order valence-electron chi connectivity index (χ0n) is 18.6. The molecule has 1 fully saturated rings. The predicted molar refractivity (Wildman–Crippen MR) is 122 cm³/mol. The van der Waals surface area contributed by atoms with Crippen molar-refractivity contribution in [1.29, 1.82) is 0 Å². The summed E-state index contributed by atoms with van der Waals surface area (Å²) in [7, 11) is 0. The largest absolute Gasteiger partial charge is 0.356 e. The lowest BCUT2D eigenvalue weighted by Gasteiger charge is -2.32. The van der Waals surface area contributed by atoms with Crippen molar-refractivity contribution in [2.45, 2.75) is 45.4 Å².